The molecule has 1 rings (SSSR count). The number of rotatable bonds is 4. The molecule has 0 aromatic heterocycles. The molecule has 0 amide bonds. The molecule has 3 heteroatoms. The molecule has 15 heavy (non-hydrogen) atoms. The van der Waals surface area contributed by atoms with Gasteiger partial charge in [0.1, 0.15) is 6.23 Å². The van der Waals surface area contributed by atoms with Crippen LogP contribution in [0.1, 0.15) is 25.0 Å². The number of aliphatic hydroxyl groups is 2. The molecule has 1 aromatic carbocycles. The molecule has 0 aliphatic carbocycles. The third-order valence-electron chi connectivity index (χ3n) is 2.20. The Morgan fingerprint density at radius 3 is 2.47 bits per heavy atom. The van der Waals surface area contributed by atoms with Gasteiger partial charge in [-0.05, 0) is 44.4 Å². The maximum atomic E-state index is 9.28. The summed E-state index contributed by atoms with van der Waals surface area (Å²) in [4.78, 5) is 0. The lowest BCUT2D eigenvalue weighted by molar-refractivity contribution is 0.195. The van der Waals surface area contributed by atoms with Crippen molar-refractivity contribution in [3.05, 3.63) is 29.3 Å². The molecule has 0 aliphatic rings. The maximum Gasteiger partial charge on any atom is 0.121 e. The average molecular weight is 209 g/mol. The summed E-state index contributed by atoms with van der Waals surface area (Å²) in [5.74, 6) is 0. The first-order chi connectivity index (χ1) is 6.99. The normalized spacial score (nSPS) is 14.7. The van der Waals surface area contributed by atoms with Gasteiger partial charge in [-0.1, -0.05) is 12.1 Å². The van der Waals surface area contributed by atoms with E-state index in [0.29, 0.717) is 6.42 Å². The van der Waals surface area contributed by atoms with Crippen LogP contribution in [0.4, 0.5) is 5.69 Å². The molecule has 84 valence electrons. The van der Waals surface area contributed by atoms with Crippen molar-refractivity contribution in [2.24, 2.45) is 0 Å². The van der Waals surface area contributed by atoms with Crippen molar-refractivity contribution in [1.82, 2.24) is 0 Å². The molecule has 0 spiro atoms. The summed E-state index contributed by atoms with van der Waals surface area (Å²) in [5.41, 5.74) is 3.08. The molecular weight excluding hydrogens is 190 g/mol. The zero-order valence-electron chi connectivity index (χ0n) is 9.49. The van der Waals surface area contributed by atoms with Gasteiger partial charge in [0.2, 0.25) is 0 Å². The number of anilines is 1. The van der Waals surface area contributed by atoms with Crippen LogP contribution in [0, 0.1) is 6.92 Å². The van der Waals surface area contributed by atoms with Crippen LogP contribution in [0.5, 0.6) is 0 Å². The van der Waals surface area contributed by atoms with Crippen LogP contribution < -0.4 is 5.32 Å². The first kappa shape index (κ1) is 12.0. The summed E-state index contributed by atoms with van der Waals surface area (Å²) in [6, 6.07) is 5.95. The first-order valence-corrected chi connectivity index (χ1v) is 5.21. The van der Waals surface area contributed by atoms with Crippen LogP contribution in [-0.4, -0.2) is 22.5 Å². The van der Waals surface area contributed by atoms with E-state index in [1.165, 1.54) is 0 Å². The van der Waals surface area contributed by atoms with Crippen molar-refractivity contribution in [1.29, 1.82) is 0 Å². The summed E-state index contributed by atoms with van der Waals surface area (Å²) in [6.07, 6.45) is -0.271. The SMILES string of the molecule is Cc1ccc(C[C@H](C)O)cc1N[C@H](C)O. The molecule has 0 radical (unpaired) electrons. The second-order valence-electron chi connectivity index (χ2n) is 4.02. The Morgan fingerprint density at radius 1 is 1.27 bits per heavy atom. The lowest BCUT2D eigenvalue weighted by Crippen LogP contribution is -2.14. The minimum absolute atomic E-state index is 0.341. The molecule has 0 heterocycles. The topological polar surface area (TPSA) is 52.5 Å². The van der Waals surface area contributed by atoms with Crippen LogP contribution in [0.3, 0.4) is 0 Å². The van der Waals surface area contributed by atoms with Gasteiger partial charge in [-0.3, -0.25) is 0 Å². The standard InChI is InChI=1S/C12H19NO2/c1-8-4-5-11(6-9(2)14)7-12(8)13-10(3)15/h4-5,7,9-10,13-15H,6H2,1-3H3/t9-,10-/m0/s1. The number of hydrogen-bond donors (Lipinski definition) is 3. The molecule has 0 fully saturated rings. The Bertz CT molecular complexity index is 321. The smallest absolute Gasteiger partial charge is 0.121 e. The average Bonchev–Trinajstić information content (AvgIpc) is 2.09. The van der Waals surface area contributed by atoms with E-state index >= 15 is 0 Å². The molecule has 3 N–H and O–H groups in total. The summed E-state index contributed by atoms with van der Waals surface area (Å²) >= 11 is 0. The Morgan fingerprint density at radius 2 is 1.93 bits per heavy atom. The lowest BCUT2D eigenvalue weighted by Gasteiger charge is -2.14. The van der Waals surface area contributed by atoms with Gasteiger partial charge < -0.3 is 15.5 Å². The minimum atomic E-state index is -0.564. The highest BCUT2D eigenvalue weighted by atomic mass is 16.3. The molecule has 0 saturated heterocycles. The van der Waals surface area contributed by atoms with Crippen molar-refractivity contribution < 1.29 is 10.2 Å². The van der Waals surface area contributed by atoms with E-state index in [0.717, 1.165) is 16.8 Å². The van der Waals surface area contributed by atoms with Crippen molar-refractivity contribution in [2.75, 3.05) is 5.32 Å². The van der Waals surface area contributed by atoms with Gasteiger partial charge in [-0.15, -0.1) is 0 Å². The summed E-state index contributed by atoms with van der Waals surface area (Å²) in [7, 11) is 0. The lowest BCUT2D eigenvalue weighted by atomic mass is 10.1. The molecule has 0 unspecified atom stereocenters. The minimum Gasteiger partial charge on any atom is -0.393 e. The molecular formula is C12H19NO2. The van der Waals surface area contributed by atoms with Crippen LogP contribution >= 0.6 is 0 Å². The highest BCUT2D eigenvalue weighted by molar-refractivity contribution is 5.53. The van der Waals surface area contributed by atoms with Gasteiger partial charge in [0.25, 0.3) is 0 Å². The van der Waals surface area contributed by atoms with Gasteiger partial charge >= 0.3 is 0 Å². The quantitative estimate of drug-likeness (QED) is 0.661. The van der Waals surface area contributed by atoms with Crippen molar-refractivity contribution in [3.63, 3.8) is 0 Å². The maximum absolute atomic E-state index is 9.28. The Balaban J connectivity index is 2.85. The van der Waals surface area contributed by atoms with Gasteiger partial charge in [0, 0.05) is 5.69 Å². The molecule has 0 aliphatic heterocycles. The number of aryl methyl sites for hydroxylation is 1. The third kappa shape index (κ3) is 3.90. The second kappa shape index (κ2) is 5.14. The van der Waals surface area contributed by atoms with Crippen LogP contribution in [-0.2, 0) is 6.42 Å². The first-order valence-electron chi connectivity index (χ1n) is 5.21. The van der Waals surface area contributed by atoms with Gasteiger partial charge in [-0.25, -0.2) is 0 Å². The van der Waals surface area contributed by atoms with E-state index in [1.54, 1.807) is 13.8 Å². The van der Waals surface area contributed by atoms with E-state index in [-0.39, 0.29) is 6.10 Å². The Hall–Kier alpha value is -1.06. The summed E-state index contributed by atoms with van der Waals surface area (Å²) < 4.78 is 0. The van der Waals surface area contributed by atoms with Crippen LogP contribution in [0.25, 0.3) is 0 Å². The zero-order chi connectivity index (χ0) is 11.4. The fourth-order valence-electron chi connectivity index (χ4n) is 1.52. The van der Waals surface area contributed by atoms with Gasteiger partial charge in [-0.2, -0.15) is 0 Å². The molecule has 0 bridgehead atoms. The van der Waals surface area contributed by atoms with Crippen molar-refractivity contribution in [2.45, 2.75) is 39.5 Å². The van der Waals surface area contributed by atoms with Crippen LogP contribution in [0.15, 0.2) is 18.2 Å². The largest absolute Gasteiger partial charge is 0.393 e. The second-order valence-corrected chi connectivity index (χ2v) is 4.02. The van der Waals surface area contributed by atoms with Gasteiger partial charge in [0.05, 0.1) is 6.10 Å². The molecule has 1 aromatic rings. The van der Waals surface area contributed by atoms with Gasteiger partial charge in [0.15, 0.2) is 0 Å². The number of hydrogen-bond acceptors (Lipinski definition) is 3. The van der Waals surface area contributed by atoms with Crippen LogP contribution in [0.2, 0.25) is 0 Å². The number of nitrogens with one attached hydrogen (secondary N) is 1. The third-order valence-corrected chi connectivity index (χ3v) is 2.20. The van der Waals surface area contributed by atoms with Crippen molar-refractivity contribution >= 4 is 5.69 Å². The predicted molar refractivity (Wildman–Crippen MR) is 61.9 cm³/mol. The molecule has 3 nitrogen and oxygen atoms in total. The highest BCUT2D eigenvalue weighted by Gasteiger charge is 2.04. The fraction of sp³-hybridized carbons (Fsp3) is 0.500. The van der Waals surface area contributed by atoms with E-state index in [1.807, 2.05) is 25.1 Å². The molecule has 2 atom stereocenters. The Kier molecular flexibility index (Phi) is 4.12. The Labute approximate surface area is 90.8 Å². The van der Waals surface area contributed by atoms with Crippen molar-refractivity contribution in [3.8, 4) is 0 Å². The molecule has 0 saturated carbocycles. The van der Waals surface area contributed by atoms with E-state index in [4.69, 9.17) is 0 Å². The predicted octanol–water partition coefficient (Wildman–Crippen LogP) is 1.67. The number of aliphatic hydroxyl groups excluding tert-OH is 2. The monoisotopic (exact) mass is 209 g/mol. The zero-order valence-corrected chi connectivity index (χ0v) is 9.49. The fourth-order valence-corrected chi connectivity index (χ4v) is 1.52. The summed E-state index contributed by atoms with van der Waals surface area (Å²) in [5, 5.41) is 21.5. The highest BCUT2D eigenvalue weighted by Crippen LogP contribution is 2.18. The van der Waals surface area contributed by atoms with E-state index in [9.17, 15) is 10.2 Å². The van der Waals surface area contributed by atoms with E-state index in [2.05, 4.69) is 5.32 Å². The summed E-state index contributed by atoms with van der Waals surface area (Å²) in [6.45, 7) is 5.43. The van der Waals surface area contributed by atoms with E-state index < -0.39 is 6.23 Å². The number of benzene rings is 1.